The zero-order valence-corrected chi connectivity index (χ0v) is 20.3. The van der Waals surface area contributed by atoms with Crippen LogP contribution in [-0.4, -0.2) is 28.2 Å². The van der Waals surface area contributed by atoms with E-state index in [2.05, 4.69) is 10.3 Å². The van der Waals surface area contributed by atoms with Crippen LogP contribution in [0.5, 0.6) is 5.75 Å². The molecule has 0 aliphatic rings. The second-order valence-corrected chi connectivity index (χ2v) is 9.70. The molecule has 32 heavy (non-hydrogen) atoms. The van der Waals surface area contributed by atoms with Crippen molar-refractivity contribution in [3.63, 3.8) is 0 Å². The Balaban J connectivity index is 1.51. The number of ether oxygens (including phenoxy) is 1. The molecule has 1 atom stereocenters. The summed E-state index contributed by atoms with van der Waals surface area (Å²) >= 11 is 8.82. The van der Waals surface area contributed by atoms with Crippen molar-refractivity contribution in [2.45, 2.75) is 30.5 Å². The maximum absolute atomic E-state index is 13.0. The Bertz CT molecular complexity index is 1260. The van der Waals surface area contributed by atoms with Gasteiger partial charge in [-0.2, -0.15) is 0 Å². The number of halogens is 1. The van der Waals surface area contributed by atoms with Crippen LogP contribution >= 0.6 is 34.7 Å². The van der Waals surface area contributed by atoms with E-state index in [1.807, 2.05) is 67.8 Å². The van der Waals surface area contributed by atoms with Crippen molar-refractivity contribution in [1.29, 1.82) is 0 Å². The topological polar surface area (TPSA) is 64.1 Å². The van der Waals surface area contributed by atoms with Crippen LogP contribution < -0.4 is 10.1 Å². The summed E-state index contributed by atoms with van der Waals surface area (Å²) < 4.78 is 5.48. The van der Waals surface area contributed by atoms with Crippen LogP contribution in [0.1, 0.15) is 18.9 Å². The first-order valence-electron chi connectivity index (χ1n) is 10.1. The Kier molecular flexibility index (Phi) is 6.98. The van der Waals surface area contributed by atoms with Gasteiger partial charge in [-0.3, -0.25) is 4.79 Å². The molecule has 0 radical (unpaired) electrons. The molecule has 2 aromatic heterocycles. The van der Waals surface area contributed by atoms with E-state index in [1.165, 1.54) is 23.1 Å². The molecule has 0 saturated carbocycles. The highest BCUT2D eigenvalue weighted by atomic mass is 35.5. The van der Waals surface area contributed by atoms with Crippen LogP contribution in [0, 0.1) is 6.92 Å². The van der Waals surface area contributed by atoms with E-state index in [-0.39, 0.29) is 11.2 Å². The molecule has 0 fully saturated rings. The lowest BCUT2D eigenvalue weighted by atomic mass is 10.1. The Morgan fingerprint density at radius 3 is 2.72 bits per heavy atom. The molecule has 0 aliphatic carbocycles. The summed E-state index contributed by atoms with van der Waals surface area (Å²) in [7, 11) is 1.64. The van der Waals surface area contributed by atoms with E-state index in [9.17, 15) is 4.79 Å². The van der Waals surface area contributed by atoms with E-state index in [0.717, 1.165) is 38.5 Å². The number of thioether (sulfide) groups is 1. The van der Waals surface area contributed by atoms with Crippen LogP contribution in [0.2, 0.25) is 5.02 Å². The zero-order valence-electron chi connectivity index (χ0n) is 17.9. The summed E-state index contributed by atoms with van der Waals surface area (Å²) in [6, 6.07) is 15.4. The number of para-hydroxylation sites is 1. The third-order valence-corrected chi connectivity index (χ3v) is 7.30. The number of pyridine rings is 1. The van der Waals surface area contributed by atoms with Gasteiger partial charge in [-0.25, -0.2) is 9.97 Å². The molecular weight excluding hydrogens is 462 g/mol. The molecule has 1 N–H and O–H groups in total. The highest BCUT2D eigenvalue weighted by Gasteiger charge is 2.21. The van der Waals surface area contributed by atoms with Gasteiger partial charge in [-0.15, -0.1) is 11.3 Å². The van der Waals surface area contributed by atoms with Gasteiger partial charge in [0.05, 0.1) is 23.1 Å². The van der Waals surface area contributed by atoms with E-state index >= 15 is 0 Å². The largest absolute Gasteiger partial charge is 0.494 e. The molecule has 0 bridgehead atoms. The van der Waals surface area contributed by atoms with E-state index in [4.69, 9.17) is 21.3 Å². The molecule has 0 spiro atoms. The van der Waals surface area contributed by atoms with Gasteiger partial charge in [0, 0.05) is 21.4 Å². The fourth-order valence-electron chi connectivity index (χ4n) is 3.32. The number of benzene rings is 2. The summed E-state index contributed by atoms with van der Waals surface area (Å²) in [5, 5.41) is 7.68. The Hall–Kier alpha value is -2.61. The zero-order chi connectivity index (χ0) is 22.7. The van der Waals surface area contributed by atoms with E-state index < -0.39 is 0 Å². The Morgan fingerprint density at radius 2 is 2.00 bits per heavy atom. The number of thiazole rings is 1. The minimum Gasteiger partial charge on any atom is -0.494 e. The van der Waals surface area contributed by atoms with Gasteiger partial charge in [0.1, 0.15) is 11.3 Å². The first kappa shape index (κ1) is 22.6. The van der Waals surface area contributed by atoms with Crippen molar-refractivity contribution in [3.05, 3.63) is 64.5 Å². The molecule has 164 valence electrons. The highest BCUT2D eigenvalue weighted by Crippen LogP contribution is 2.33. The van der Waals surface area contributed by atoms with Gasteiger partial charge in [-0.05, 0) is 43.2 Å². The predicted molar refractivity (Wildman–Crippen MR) is 134 cm³/mol. The lowest BCUT2D eigenvalue weighted by molar-refractivity contribution is -0.115. The van der Waals surface area contributed by atoms with Gasteiger partial charge in [-0.1, -0.05) is 54.6 Å². The first-order chi connectivity index (χ1) is 15.5. The van der Waals surface area contributed by atoms with E-state index in [1.54, 1.807) is 7.11 Å². The number of anilines is 1. The molecular formula is C24H22ClN3O2S2. The van der Waals surface area contributed by atoms with Crippen LogP contribution in [0.4, 0.5) is 5.13 Å². The number of rotatable bonds is 7. The van der Waals surface area contributed by atoms with Crippen molar-refractivity contribution in [3.8, 4) is 17.0 Å². The first-order valence-corrected chi connectivity index (χ1v) is 12.3. The molecule has 0 saturated heterocycles. The SMILES string of the molecule is CCC(Sc1cc(C)c2cccc(OC)c2n1)C(=O)Nc1nc(-c2ccc(Cl)cc2)cs1. The number of carbonyl (C=O) groups excluding carboxylic acids is 1. The normalized spacial score (nSPS) is 12.0. The maximum atomic E-state index is 13.0. The number of hydrogen-bond acceptors (Lipinski definition) is 6. The second-order valence-electron chi connectivity index (χ2n) is 7.18. The standard InChI is InChI=1S/C24H22ClN3O2S2/c1-4-20(32-21-12-14(2)17-6-5-7-19(30-3)22(17)27-21)23(29)28-24-26-18(13-31-24)15-8-10-16(25)11-9-15/h5-13,20H,4H2,1-3H3,(H,26,28,29). The maximum Gasteiger partial charge on any atom is 0.239 e. The molecule has 0 aliphatic heterocycles. The number of carbonyl (C=O) groups is 1. The predicted octanol–water partition coefficient (Wildman–Crippen LogP) is 6.84. The molecule has 5 nitrogen and oxygen atoms in total. The molecule has 1 unspecified atom stereocenters. The number of methoxy groups -OCH3 is 1. The third kappa shape index (κ3) is 4.90. The second kappa shape index (κ2) is 9.90. The Labute approximate surface area is 200 Å². The van der Waals surface area contributed by atoms with E-state index in [0.29, 0.717) is 16.6 Å². The average molecular weight is 484 g/mol. The van der Waals surface area contributed by atoms with Crippen LogP contribution in [0.15, 0.2) is 58.9 Å². The number of amides is 1. The molecule has 4 aromatic rings. The lowest BCUT2D eigenvalue weighted by Crippen LogP contribution is -2.24. The molecule has 4 rings (SSSR count). The number of fused-ring (bicyclic) bond motifs is 1. The van der Waals surface area contributed by atoms with Crippen LogP contribution in [0.25, 0.3) is 22.2 Å². The number of nitrogens with one attached hydrogen (secondary N) is 1. The van der Waals surface area contributed by atoms with Crippen LogP contribution in [-0.2, 0) is 4.79 Å². The van der Waals surface area contributed by atoms with Crippen molar-refractivity contribution in [1.82, 2.24) is 9.97 Å². The fraction of sp³-hybridized carbons (Fsp3) is 0.208. The number of aromatic nitrogens is 2. The summed E-state index contributed by atoms with van der Waals surface area (Å²) in [4.78, 5) is 22.3. The monoisotopic (exact) mass is 483 g/mol. The van der Waals surface area contributed by atoms with Crippen molar-refractivity contribution < 1.29 is 9.53 Å². The summed E-state index contributed by atoms with van der Waals surface area (Å²) in [6.45, 7) is 4.04. The van der Waals surface area contributed by atoms with Gasteiger partial charge in [0.2, 0.25) is 5.91 Å². The number of aryl methyl sites for hydroxylation is 1. The lowest BCUT2D eigenvalue weighted by Gasteiger charge is -2.15. The van der Waals surface area contributed by atoms with Crippen molar-refractivity contribution in [2.24, 2.45) is 0 Å². The summed E-state index contributed by atoms with van der Waals surface area (Å²) in [6.07, 6.45) is 0.663. The average Bonchev–Trinajstić information content (AvgIpc) is 3.26. The van der Waals surface area contributed by atoms with Gasteiger partial charge >= 0.3 is 0 Å². The molecule has 8 heteroatoms. The van der Waals surface area contributed by atoms with Gasteiger partial charge < -0.3 is 10.1 Å². The molecule has 2 heterocycles. The molecule has 2 aromatic carbocycles. The third-order valence-electron chi connectivity index (χ3n) is 5.01. The Morgan fingerprint density at radius 1 is 1.22 bits per heavy atom. The molecule has 1 amide bonds. The smallest absolute Gasteiger partial charge is 0.239 e. The summed E-state index contributed by atoms with van der Waals surface area (Å²) in [5.74, 6) is 0.636. The van der Waals surface area contributed by atoms with Crippen LogP contribution in [0.3, 0.4) is 0 Å². The summed E-state index contributed by atoms with van der Waals surface area (Å²) in [5.41, 5.74) is 3.67. The van der Waals surface area contributed by atoms with Crippen molar-refractivity contribution in [2.75, 3.05) is 12.4 Å². The fourth-order valence-corrected chi connectivity index (χ4v) is 5.19. The minimum absolute atomic E-state index is 0.0888. The van der Waals surface area contributed by atoms with Crippen molar-refractivity contribution >= 4 is 56.6 Å². The number of hydrogen-bond donors (Lipinski definition) is 1. The quantitative estimate of drug-likeness (QED) is 0.291. The minimum atomic E-state index is -0.295. The number of nitrogens with zero attached hydrogens (tertiary/aromatic N) is 2. The van der Waals surface area contributed by atoms with Gasteiger partial charge in [0.25, 0.3) is 0 Å². The van der Waals surface area contributed by atoms with Gasteiger partial charge in [0.15, 0.2) is 5.13 Å². The highest BCUT2D eigenvalue weighted by molar-refractivity contribution is 8.00.